The fourth-order valence-electron chi connectivity index (χ4n) is 2.90. The predicted octanol–water partition coefficient (Wildman–Crippen LogP) is 5.98. The maximum Gasteiger partial charge on any atom is 0.0893 e. The van der Waals surface area contributed by atoms with Crippen LogP contribution in [0.15, 0.2) is 97.2 Å². The third-order valence-corrected chi connectivity index (χ3v) is 4.18. The predicted molar refractivity (Wildman–Crippen MR) is 108 cm³/mol. The first-order valence-corrected chi connectivity index (χ1v) is 8.61. The van der Waals surface area contributed by atoms with E-state index in [2.05, 4.69) is 59.6 Å². The molecule has 0 spiro atoms. The first-order valence-electron chi connectivity index (χ1n) is 8.61. The van der Waals surface area contributed by atoms with Crippen molar-refractivity contribution in [2.45, 2.75) is 0 Å². The lowest BCUT2D eigenvalue weighted by Gasteiger charge is -2.06. The molecule has 2 heteroatoms. The van der Waals surface area contributed by atoms with Crippen LogP contribution >= 0.6 is 0 Å². The number of hydrogen-bond donors (Lipinski definition) is 0. The molecule has 2 nitrogen and oxygen atoms in total. The average Bonchev–Trinajstić information content (AvgIpc) is 2.74. The Morgan fingerprint density at radius 2 is 1.35 bits per heavy atom. The third-order valence-electron chi connectivity index (χ3n) is 4.18. The van der Waals surface area contributed by atoms with Crippen LogP contribution in [0.25, 0.3) is 34.7 Å². The molecule has 4 aromatic rings. The van der Waals surface area contributed by atoms with Gasteiger partial charge in [-0.3, -0.25) is 4.98 Å². The van der Waals surface area contributed by atoms with Gasteiger partial charge in [0.25, 0.3) is 0 Å². The van der Waals surface area contributed by atoms with E-state index in [4.69, 9.17) is 4.98 Å². The Morgan fingerprint density at radius 3 is 2.19 bits per heavy atom. The monoisotopic (exact) mass is 334 g/mol. The fraction of sp³-hybridized carbons (Fsp3) is 0. The summed E-state index contributed by atoms with van der Waals surface area (Å²) in [4.78, 5) is 9.09. The quantitative estimate of drug-likeness (QED) is 0.459. The maximum absolute atomic E-state index is 4.71. The summed E-state index contributed by atoms with van der Waals surface area (Å²) in [5.74, 6) is 0. The van der Waals surface area contributed by atoms with Gasteiger partial charge in [-0.25, -0.2) is 4.98 Å². The van der Waals surface area contributed by atoms with Crippen LogP contribution in [0.1, 0.15) is 11.3 Å². The number of rotatable bonds is 4. The van der Waals surface area contributed by atoms with Gasteiger partial charge in [0.1, 0.15) is 0 Å². The van der Waals surface area contributed by atoms with Crippen LogP contribution in [-0.4, -0.2) is 9.97 Å². The van der Waals surface area contributed by atoms with Gasteiger partial charge < -0.3 is 0 Å². The summed E-state index contributed by atoms with van der Waals surface area (Å²) in [5, 5.41) is 0. The van der Waals surface area contributed by atoms with Gasteiger partial charge in [0.2, 0.25) is 0 Å². The second-order valence-corrected chi connectivity index (χ2v) is 5.95. The van der Waals surface area contributed by atoms with Gasteiger partial charge in [-0.1, -0.05) is 72.8 Å². The highest BCUT2D eigenvalue weighted by atomic mass is 14.8. The largest absolute Gasteiger partial charge is 0.255 e. The molecule has 2 heterocycles. The molecule has 0 amide bonds. The lowest BCUT2D eigenvalue weighted by Crippen LogP contribution is -1.88. The lowest BCUT2D eigenvalue weighted by molar-refractivity contribution is 1.23. The highest BCUT2D eigenvalue weighted by Crippen LogP contribution is 2.25. The van der Waals surface area contributed by atoms with Crippen LogP contribution < -0.4 is 0 Å². The van der Waals surface area contributed by atoms with Crippen molar-refractivity contribution in [3.05, 3.63) is 108 Å². The molecule has 0 saturated heterocycles. The molecule has 0 atom stereocenters. The summed E-state index contributed by atoms with van der Waals surface area (Å²) in [6.07, 6.45) is 5.96. The Bertz CT molecular complexity index is 1020. The second-order valence-electron chi connectivity index (χ2n) is 5.95. The third kappa shape index (κ3) is 3.60. The molecule has 0 unspecified atom stereocenters. The SMILES string of the molecule is C(=Cc1ccccc1-c1ccccc1)c1cccc(-c2ccccn2)n1. The number of aromatic nitrogens is 2. The molecule has 26 heavy (non-hydrogen) atoms. The Morgan fingerprint density at radius 1 is 0.577 bits per heavy atom. The van der Waals surface area contributed by atoms with E-state index in [1.165, 1.54) is 16.7 Å². The molecule has 0 aliphatic heterocycles. The summed E-state index contributed by atoms with van der Waals surface area (Å²) in [7, 11) is 0. The van der Waals surface area contributed by atoms with E-state index in [1.54, 1.807) is 6.20 Å². The summed E-state index contributed by atoms with van der Waals surface area (Å²) < 4.78 is 0. The van der Waals surface area contributed by atoms with E-state index in [0.717, 1.165) is 17.1 Å². The topological polar surface area (TPSA) is 25.8 Å². The van der Waals surface area contributed by atoms with Gasteiger partial charge in [-0.05, 0) is 47.0 Å². The molecule has 0 aliphatic rings. The molecule has 0 aliphatic carbocycles. The number of pyridine rings is 2. The summed E-state index contributed by atoms with van der Waals surface area (Å²) in [6, 6.07) is 30.7. The van der Waals surface area contributed by atoms with Crippen molar-refractivity contribution in [2.24, 2.45) is 0 Å². The van der Waals surface area contributed by atoms with E-state index in [-0.39, 0.29) is 0 Å². The molecule has 0 radical (unpaired) electrons. The molecule has 4 rings (SSSR count). The Balaban J connectivity index is 1.66. The van der Waals surface area contributed by atoms with E-state index >= 15 is 0 Å². The van der Waals surface area contributed by atoms with E-state index < -0.39 is 0 Å². The molecule has 0 saturated carbocycles. The molecular weight excluding hydrogens is 316 g/mol. The standard InChI is InChI=1S/C24H18N2/c1-2-9-19(10-3-1)22-13-5-4-11-20(22)16-17-21-12-8-15-24(26-21)23-14-6-7-18-25-23/h1-18H. The minimum absolute atomic E-state index is 0.879. The van der Waals surface area contributed by atoms with Gasteiger partial charge >= 0.3 is 0 Å². The maximum atomic E-state index is 4.71. The lowest BCUT2D eigenvalue weighted by atomic mass is 9.99. The van der Waals surface area contributed by atoms with Crippen molar-refractivity contribution in [1.29, 1.82) is 0 Å². The average molecular weight is 334 g/mol. The highest BCUT2D eigenvalue weighted by molar-refractivity contribution is 5.80. The Kier molecular flexibility index (Phi) is 4.66. The molecule has 2 aromatic carbocycles. The normalized spacial score (nSPS) is 10.9. The first kappa shape index (κ1) is 16.0. The van der Waals surface area contributed by atoms with Crippen LogP contribution in [0.4, 0.5) is 0 Å². The zero-order valence-corrected chi connectivity index (χ0v) is 14.3. The van der Waals surface area contributed by atoms with Crippen LogP contribution in [0.3, 0.4) is 0 Å². The Labute approximate surface area is 153 Å². The van der Waals surface area contributed by atoms with Crippen molar-refractivity contribution in [3.8, 4) is 22.5 Å². The number of hydrogen-bond acceptors (Lipinski definition) is 2. The summed E-state index contributed by atoms with van der Waals surface area (Å²) in [5.41, 5.74) is 6.27. The number of benzene rings is 2. The fourth-order valence-corrected chi connectivity index (χ4v) is 2.90. The van der Waals surface area contributed by atoms with Crippen molar-refractivity contribution in [3.63, 3.8) is 0 Å². The Hall–Kier alpha value is -3.52. The van der Waals surface area contributed by atoms with Crippen molar-refractivity contribution < 1.29 is 0 Å². The van der Waals surface area contributed by atoms with Crippen molar-refractivity contribution >= 4 is 12.2 Å². The summed E-state index contributed by atoms with van der Waals surface area (Å²) >= 11 is 0. The second kappa shape index (κ2) is 7.58. The van der Waals surface area contributed by atoms with Gasteiger partial charge in [-0.15, -0.1) is 0 Å². The molecule has 0 N–H and O–H groups in total. The van der Waals surface area contributed by atoms with Crippen LogP contribution in [0.5, 0.6) is 0 Å². The van der Waals surface area contributed by atoms with Gasteiger partial charge in [0.15, 0.2) is 0 Å². The molecule has 0 bridgehead atoms. The van der Waals surface area contributed by atoms with Gasteiger partial charge in [-0.2, -0.15) is 0 Å². The van der Waals surface area contributed by atoms with Crippen molar-refractivity contribution in [1.82, 2.24) is 9.97 Å². The minimum Gasteiger partial charge on any atom is -0.255 e. The molecule has 0 fully saturated rings. The van der Waals surface area contributed by atoms with E-state index in [9.17, 15) is 0 Å². The molecular formula is C24H18N2. The van der Waals surface area contributed by atoms with Crippen LogP contribution in [0.2, 0.25) is 0 Å². The first-order chi connectivity index (χ1) is 12.9. The molecule has 124 valence electrons. The highest BCUT2D eigenvalue weighted by Gasteiger charge is 2.03. The smallest absolute Gasteiger partial charge is 0.0893 e. The van der Waals surface area contributed by atoms with Crippen LogP contribution in [-0.2, 0) is 0 Å². The summed E-state index contributed by atoms with van der Waals surface area (Å²) in [6.45, 7) is 0. The van der Waals surface area contributed by atoms with E-state index in [1.807, 2.05) is 48.5 Å². The van der Waals surface area contributed by atoms with Crippen LogP contribution in [0, 0.1) is 0 Å². The zero-order chi connectivity index (χ0) is 17.6. The van der Waals surface area contributed by atoms with Gasteiger partial charge in [0, 0.05) is 6.20 Å². The van der Waals surface area contributed by atoms with Crippen molar-refractivity contribution in [2.75, 3.05) is 0 Å². The van der Waals surface area contributed by atoms with Gasteiger partial charge in [0.05, 0.1) is 17.1 Å². The van der Waals surface area contributed by atoms with E-state index in [0.29, 0.717) is 0 Å². The zero-order valence-electron chi connectivity index (χ0n) is 14.3. The number of nitrogens with zero attached hydrogens (tertiary/aromatic N) is 2. The minimum atomic E-state index is 0.879. The molecule has 2 aromatic heterocycles.